The standard InChI is InChI=1S/C9H13ClFNO2/c1-2-14-12-8(13)5-3-4-7-6-9(7,10)11/h3,5,7H,2,4,6H2,1H3,(H,12,13)/b5-3+. The van der Waals surface area contributed by atoms with Gasteiger partial charge >= 0.3 is 0 Å². The molecule has 1 aliphatic carbocycles. The number of allylic oxidation sites excluding steroid dienone is 1. The van der Waals surface area contributed by atoms with Gasteiger partial charge in [-0.15, -0.1) is 0 Å². The van der Waals surface area contributed by atoms with Crippen LogP contribution >= 0.6 is 11.6 Å². The van der Waals surface area contributed by atoms with E-state index in [1.165, 1.54) is 6.08 Å². The Labute approximate surface area is 87.2 Å². The summed E-state index contributed by atoms with van der Waals surface area (Å²) < 4.78 is 12.8. The number of rotatable bonds is 5. The highest BCUT2D eigenvalue weighted by Crippen LogP contribution is 2.52. The quantitative estimate of drug-likeness (QED) is 0.438. The van der Waals surface area contributed by atoms with Crippen LogP contribution in [0.15, 0.2) is 12.2 Å². The fourth-order valence-corrected chi connectivity index (χ4v) is 1.32. The molecule has 0 aliphatic heterocycles. The number of hydrogen-bond acceptors (Lipinski definition) is 2. The summed E-state index contributed by atoms with van der Waals surface area (Å²) in [6.45, 7) is 2.18. The lowest BCUT2D eigenvalue weighted by Crippen LogP contribution is -2.21. The minimum absolute atomic E-state index is 0.152. The fourth-order valence-electron chi connectivity index (χ4n) is 1.04. The molecule has 0 aromatic rings. The molecule has 14 heavy (non-hydrogen) atoms. The van der Waals surface area contributed by atoms with Crippen molar-refractivity contribution in [1.82, 2.24) is 5.48 Å². The van der Waals surface area contributed by atoms with Crippen molar-refractivity contribution in [2.24, 2.45) is 5.92 Å². The molecule has 1 amide bonds. The number of carbonyl (C=O) groups excluding carboxylic acids is 1. The zero-order chi connectivity index (χ0) is 10.6. The van der Waals surface area contributed by atoms with Crippen molar-refractivity contribution in [3.63, 3.8) is 0 Å². The highest BCUT2D eigenvalue weighted by molar-refractivity contribution is 6.25. The second-order valence-electron chi connectivity index (χ2n) is 3.20. The van der Waals surface area contributed by atoms with E-state index in [0.29, 0.717) is 19.4 Å². The normalized spacial score (nSPS) is 30.6. The highest BCUT2D eigenvalue weighted by atomic mass is 35.5. The van der Waals surface area contributed by atoms with E-state index in [-0.39, 0.29) is 11.8 Å². The second kappa shape index (κ2) is 4.75. The summed E-state index contributed by atoms with van der Waals surface area (Å²) in [5.41, 5.74) is 2.19. The Hall–Kier alpha value is -0.610. The lowest BCUT2D eigenvalue weighted by Gasteiger charge is -1.98. The van der Waals surface area contributed by atoms with Crippen molar-refractivity contribution in [3.8, 4) is 0 Å². The van der Waals surface area contributed by atoms with Crippen LogP contribution in [0.3, 0.4) is 0 Å². The first-order valence-electron chi connectivity index (χ1n) is 4.52. The predicted octanol–water partition coefficient (Wildman–Crippen LogP) is 1.92. The maximum atomic E-state index is 12.8. The molecule has 1 rings (SSSR count). The van der Waals surface area contributed by atoms with Gasteiger partial charge in [0.05, 0.1) is 6.61 Å². The molecule has 0 heterocycles. The van der Waals surface area contributed by atoms with Crippen LogP contribution in [0.4, 0.5) is 4.39 Å². The predicted molar refractivity (Wildman–Crippen MR) is 51.3 cm³/mol. The van der Waals surface area contributed by atoms with Crippen molar-refractivity contribution < 1.29 is 14.0 Å². The largest absolute Gasteiger partial charge is 0.274 e. The summed E-state index contributed by atoms with van der Waals surface area (Å²) in [7, 11) is 0. The van der Waals surface area contributed by atoms with E-state index in [2.05, 4.69) is 10.3 Å². The van der Waals surface area contributed by atoms with E-state index in [9.17, 15) is 9.18 Å². The summed E-state index contributed by atoms with van der Waals surface area (Å²) in [5.74, 6) is -0.494. The van der Waals surface area contributed by atoms with Gasteiger partial charge in [0.2, 0.25) is 0 Å². The SMILES string of the molecule is CCONC(=O)/C=C/CC1CC1(F)Cl. The molecule has 2 atom stereocenters. The summed E-state index contributed by atoms with van der Waals surface area (Å²) in [6, 6.07) is 0. The Balaban J connectivity index is 2.12. The fraction of sp³-hybridized carbons (Fsp3) is 0.667. The topological polar surface area (TPSA) is 38.3 Å². The molecule has 1 N–H and O–H groups in total. The Morgan fingerprint density at radius 1 is 1.86 bits per heavy atom. The van der Waals surface area contributed by atoms with Crippen molar-refractivity contribution in [1.29, 1.82) is 0 Å². The molecule has 0 bridgehead atoms. The lowest BCUT2D eigenvalue weighted by molar-refractivity contribution is -0.128. The highest BCUT2D eigenvalue weighted by Gasteiger charge is 2.52. The minimum Gasteiger partial charge on any atom is -0.274 e. The number of amides is 1. The third-order valence-corrected chi connectivity index (χ3v) is 2.43. The third-order valence-electron chi connectivity index (χ3n) is 1.96. The number of hydroxylamine groups is 1. The summed E-state index contributed by atoms with van der Waals surface area (Å²) >= 11 is 5.38. The molecule has 0 saturated heterocycles. The first kappa shape index (κ1) is 11.5. The van der Waals surface area contributed by atoms with Crippen molar-refractivity contribution >= 4 is 17.5 Å². The molecule has 1 saturated carbocycles. The zero-order valence-electron chi connectivity index (χ0n) is 7.93. The smallest absolute Gasteiger partial charge is 0.267 e. The van der Waals surface area contributed by atoms with E-state index < -0.39 is 5.13 Å². The first-order chi connectivity index (χ1) is 6.56. The first-order valence-corrected chi connectivity index (χ1v) is 4.90. The van der Waals surface area contributed by atoms with Gasteiger partial charge in [-0.25, -0.2) is 9.87 Å². The molecule has 0 aromatic heterocycles. The summed E-state index contributed by atoms with van der Waals surface area (Å²) in [5, 5.41) is -1.54. The van der Waals surface area contributed by atoms with Crippen LogP contribution in [0.25, 0.3) is 0 Å². The van der Waals surface area contributed by atoms with Crippen LogP contribution in [0.1, 0.15) is 19.8 Å². The van der Waals surface area contributed by atoms with Gasteiger partial charge in [-0.05, 0) is 13.3 Å². The molecular formula is C9H13ClFNO2. The number of nitrogens with one attached hydrogen (secondary N) is 1. The number of alkyl halides is 2. The van der Waals surface area contributed by atoms with Gasteiger partial charge in [-0.2, -0.15) is 0 Å². The van der Waals surface area contributed by atoms with Crippen LogP contribution in [0.2, 0.25) is 0 Å². The van der Waals surface area contributed by atoms with Gasteiger partial charge in [0, 0.05) is 18.4 Å². The maximum Gasteiger partial charge on any atom is 0.267 e. The summed E-state index contributed by atoms with van der Waals surface area (Å²) in [6.07, 6.45) is 3.77. The van der Waals surface area contributed by atoms with Gasteiger partial charge in [-0.3, -0.25) is 9.63 Å². The molecule has 1 aliphatic rings. The second-order valence-corrected chi connectivity index (χ2v) is 3.83. The van der Waals surface area contributed by atoms with E-state index in [1.807, 2.05) is 0 Å². The van der Waals surface area contributed by atoms with Gasteiger partial charge < -0.3 is 0 Å². The molecule has 3 nitrogen and oxygen atoms in total. The summed E-state index contributed by atoms with van der Waals surface area (Å²) in [4.78, 5) is 15.6. The number of halogens is 2. The molecule has 0 spiro atoms. The van der Waals surface area contributed by atoms with Crippen LogP contribution < -0.4 is 5.48 Å². The monoisotopic (exact) mass is 221 g/mol. The average Bonchev–Trinajstić information content (AvgIpc) is 2.71. The van der Waals surface area contributed by atoms with E-state index in [0.717, 1.165) is 0 Å². The molecule has 0 aromatic carbocycles. The minimum atomic E-state index is -1.54. The molecule has 5 heteroatoms. The van der Waals surface area contributed by atoms with Crippen LogP contribution in [-0.2, 0) is 9.63 Å². The Kier molecular flexibility index (Phi) is 3.89. The van der Waals surface area contributed by atoms with Crippen molar-refractivity contribution in [3.05, 3.63) is 12.2 Å². The van der Waals surface area contributed by atoms with Gasteiger partial charge in [0.15, 0.2) is 5.13 Å². The molecular weight excluding hydrogens is 209 g/mol. The van der Waals surface area contributed by atoms with E-state index >= 15 is 0 Å². The molecule has 80 valence electrons. The Morgan fingerprint density at radius 2 is 2.50 bits per heavy atom. The number of carbonyl (C=O) groups is 1. The van der Waals surface area contributed by atoms with Gasteiger partial charge in [0.25, 0.3) is 5.91 Å². The number of hydrogen-bond donors (Lipinski definition) is 1. The van der Waals surface area contributed by atoms with Crippen LogP contribution in [-0.4, -0.2) is 17.6 Å². The Morgan fingerprint density at radius 3 is 3.00 bits per heavy atom. The molecule has 1 fully saturated rings. The zero-order valence-corrected chi connectivity index (χ0v) is 8.68. The van der Waals surface area contributed by atoms with Crippen molar-refractivity contribution in [2.75, 3.05) is 6.61 Å². The molecule has 2 unspecified atom stereocenters. The van der Waals surface area contributed by atoms with Gasteiger partial charge in [0.1, 0.15) is 0 Å². The lowest BCUT2D eigenvalue weighted by atomic mass is 10.2. The van der Waals surface area contributed by atoms with Crippen molar-refractivity contribution in [2.45, 2.75) is 24.9 Å². The molecule has 0 radical (unpaired) electrons. The van der Waals surface area contributed by atoms with Crippen LogP contribution in [0.5, 0.6) is 0 Å². The average molecular weight is 222 g/mol. The maximum absolute atomic E-state index is 12.8. The van der Waals surface area contributed by atoms with E-state index in [1.54, 1.807) is 13.0 Å². The Bertz CT molecular complexity index is 243. The third kappa shape index (κ3) is 3.64. The van der Waals surface area contributed by atoms with Gasteiger partial charge in [-0.1, -0.05) is 17.7 Å². The van der Waals surface area contributed by atoms with E-state index in [4.69, 9.17) is 11.6 Å². The van der Waals surface area contributed by atoms with Crippen LogP contribution in [0, 0.1) is 5.92 Å².